The molecule has 2 atom stereocenters. The molecule has 1 saturated heterocycles. The van der Waals surface area contributed by atoms with Crippen molar-refractivity contribution in [2.24, 2.45) is 0 Å². The number of halogens is 2. The van der Waals surface area contributed by atoms with E-state index < -0.39 is 17.5 Å². The molecule has 8 nitrogen and oxygen atoms in total. The second-order valence-electron chi connectivity index (χ2n) is 10.2. The largest absolute Gasteiger partial charge is 0.389 e. The zero-order valence-electron chi connectivity index (χ0n) is 19.6. The van der Waals surface area contributed by atoms with Gasteiger partial charge >= 0.3 is 0 Å². The van der Waals surface area contributed by atoms with Crippen LogP contribution in [0.25, 0.3) is 22.3 Å². The van der Waals surface area contributed by atoms with Gasteiger partial charge in [-0.05, 0) is 59.1 Å². The van der Waals surface area contributed by atoms with Crippen LogP contribution in [0, 0.1) is 5.82 Å². The Labute approximate surface area is 202 Å². The van der Waals surface area contributed by atoms with Crippen molar-refractivity contribution in [3.05, 3.63) is 35.0 Å². The maximum absolute atomic E-state index is 15.2. The van der Waals surface area contributed by atoms with Crippen LogP contribution >= 0.6 is 11.6 Å². The summed E-state index contributed by atoms with van der Waals surface area (Å²) in [6.07, 6.45) is 3.43. The summed E-state index contributed by atoms with van der Waals surface area (Å²) in [6.45, 7) is 7.42. The fourth-order valence-corrected chi connectivity index (χ4v) is 4.86. The van der Waals surface area contributed by atoms with E-state index in [2.05, 4.69) is 20.3 Å². The average Bonchev–Trinajstić information content (AvgIpc) is 3.37. The highest BCUT2D eigenvalue weighted by Crippen LogP contribution is 2.46. The number of hydrogen-bond donors (Lipinski definition) is 3. The molecule has 3 heterocycles. The van der Waals surface area contributed by atoms with Gasteiger partial charge in [-0.2, -0.15) is 0 Å². The Balaban J connectivity index is 1.55. The van der Waals surface area contributed by atoms with Crippen molar-refractivity contribution in [2.75, 3.05) is 11.9 Å². The van der Waals surface area contributed by atoms with Gasteiger partial charge in [-0.25, -0.2) is 19.3 Å². The standard InChI is InChI=1S/C24H29ClFN5O3/c1-12(2)31-17-8-13(7-15(26)20(17)29-21(31)23(3,4)33)19-14(25)10-27-22(30-19)28-16-9-24(5-6-24)34-11-18(16)32/h7-8,10,12,16,18,32-33H,5-6,9,11H2,1-4H3,(H,27,28,30)/t16-,18?/m1/s1. The maximum Gasteiger partial charge on any atom is 0.223 e. The lowest BCUT2D eigenvalue weighted by Crippen LogP contribution is -2.46. The van der Waals surface area contributed by atoms with Crippen molar-refractivity contribution in [3.8, 4) is 11.3 Å². The number of anilines is 1. The topological polar surface area (TPSA) is 105 Å². The summed E-state index contributed by atoms with van der Waals surface area (Å²) in [5.74, 6) is 0.153. The smallest absolute Gasteiger partial charge is 0.223 e. The number of nitrogens with zero attached hydrogens (tertiary/aromatic N) is 4. The van der Waals surface area contributed by atoms with Gasteiger partial charge in [0.2, 0.25) is 5.95 Å². The second-order valence-corrected chi connectivity index (χ2v) is 10.6. The molecule has 10 heteroatoms. The molecule has 0 bridgehead atoms. The van der Waals surface area contributed by atoms with Gasteiger partial charge in [-0.15, -0.1) is 0 Å². The Morgan fingerprint density at radius 2 is 2.03 bits per heavy atom. The molecule has 0 amide bonds. The van der Waals surface area contributed by atoms with Crippen molar-refractivity contribution in [3.63, 3.8) is 0 Å². The summed E-state index contributed by atoms with van der Waals surface area (Å²) in [5, 5.41) is 24.5. The lowest BCUT2D eigenvalue weighted by atomic mass is 9.99. The van der Waals surface area contributed by atoms with E-state index in [1.807, 2.05) is 18.4 Å². The average molecular weight is 490 g/mol. The third-order valence-corrected chi connectivity index (χ3v) is 6.85. The van der Waals surface area contributed by atoms with Crippen LogP contribution in [0.15, 0.2) is 18.3 Å². The van der Waals surface area contributed by atoms with E-state index in [0.29, 0.717) is 35.0 Å². The van der Waals surface area contributed by atoms with Crippen LogP contribution in [0.5, 0.6) is 0 Å². The molecule has 3 N–H and O–H groups in total. The Hall–Kier alpha value is -2.33. The van der Waals surface area contributed by atoms with E-state index in [1.54, 1.807) is 19.9 Å². The summed E-state index contributed by atoms with van der Waals surface area (Å²) >= 11 is 6.43. The van der Waals surface area contributed by atoms with Gasteiger partial charge in [0, 0.05) is 11.6 Å². The molecule has 182 valence electrons. The van der Waals surface area contributed by atoms with Crippen LogP contribution < -0.4 is 5.32 Å². The minimum atomic E-state index is -1.25. The monoisotopic (exact) mass is 489 g/mol. The summed E-state index contributed by atoms with van der Waals surface area (Å²) in [5.41, 5.74) is 0.163. The zero-order chi connectivity index (χ0) is 24.4. The highest BCUT2D eigenvalue weighted by atomic mass is 35.5. The van der Waals surface area contributed by atoms with Crippen LogP contribution in [0.2, 0.25) is 5.02 Å². The molecule has 1 unspecified atom stereocenters. The molecule has 2 fully saturated rings. The van der Waals surface area contributed by atoms with Crippen LogP contribution in [-0.4, -0.2) is 54.1 Å². The fraction of sp³-hybridized carbons (Fsp3) is 0.542. The second kappa shape index (κ2) is 8.12. The summed E-state index contributed by atoms with van der Waals surface area (Å²) in [7, 11) is 0. The van der Waals surface area contributed by atoms with Crippen molar-refractivity contribution in [2.45, 2.75) is 76.3 Å². The van der Waals surface area contributed by atoms with Gasteiger partial charge in [0.25, 0.3) is 0 Å². The number of aliphatic hydroxyl groups is 2. The first-order valence-corrected chi connectivity index (χ1v) is 11.9. The van der Waals surface area contributed by atoms with Gasteiger partial charge in [0.15, 0.2) is 5.82 Å². The Kier molecular flexibility index (Phi) is 5.59. The van der Waals surface area contributed by atoms with Crippen molar-refractivity contribution in [1.29, 1.82) is 0 Å². The molecule has 1 saturated carbocycles. The van der Waals surface area contributed by atoms with Gasteiger partial charge in [0.1, 0.15) is 16.9 Å². The number of aromatic nitrogens is 4. The molecule has 2 aromatic heterocycles. The number of benzene rings is 1. The molecule has 34 heavy (non-hydrogen) atoms. The number of ether oxygens (including phenoxy) is 1. The van der Waals surface area contributed by atoms with E-state index >= 15 is 4.39 Å². The van der Waals surface area contributed by atoms with E-state index in [-0.39, 0.29) is 34.8 Å². The lowest BCUT2D eigenvalue weighted by molar-refractivity contribution is -0.0763. The van der Waals surface area contributed by atoms with Crippen LogP contribution in [0.1, 0.15) is 58.8 Å². The number of aliphatic hydroxyl groups excluding tert-OH is 1. The fourth-order valence-electron chi connectivity index (χ4n) is 4.66. The first-order chi connectivity index (χ1) is 16.0. The van der Waals surface area contributed by atoms with Crippen molar-refractivity contribution >= 4 is 28.6 Å². The van der Waals surface area contributed by atoms with Crippen LogP contribution in [0.3, 0.4) is 0 Å². The Bertz CT molecular complexity index is 1250. The predicted molar refractivity (Wildman–Crippen MR) is 127 cm³/mol. The first kappa shape index (κ1) is 23.4. The minimum absolute atomic E-state index is 0.0658. The molecule has 0 radical (unpaired) electrons. The van der Waals surface area contributed by atoms with E-state index in [0.717, 1.165) is 12.8 Å². The Morgan fingerprint density at radius 1 is 1.29 bits per heavy atom. The van der Waals surface area contributed by atoms with E-state index in [9.17, 15) is 10.2 Å². The highest BCUT2D eigenvalue weighted by Gasteiger charge is 2.50. The molecule has 1 spiro atoms. The number of imidazole rings is 1. The number of rotatable bonds is 5. The third-order valence-electron chi connectivity index (χ3n) is 6.57. The minimum Gasteiger partial charge on any atom is -0.389 e. The molecule has 3 aromatic rings. The SMILES string of the molecule is CC(C)n1c(C(C)(C)O)nc2c(F)cc(-c3nc(N[C@@H]4CC5(CC5)OCC4O)ncc3Cl)cc21. The molecular weight excluding hydrogens is 461 g/mol. The first-order valence-electron chi connectivity index (χ1n) is 11.5. The van der Waals surface area contributed by atoms with Gasteiger partial charge in [0.05, 0.1) is 46.8 Å². The molecule has 2 aliphatic rings. The lowest BCUT2D eigenvalue weighted by Gasteiger charge is -2.34. The summed E-state index contributed by atoms with van der Waals surface area (Å²) in [4.78, 5) is 13.2. The summed E-state index contributed by atoms with van der Waals surface area (Å²) < 4.78 is 22.8. The highest BCUT2D eigenvalue weighted by molar-refractivity contribution is 6.33. The number of fused-ring (bicyclic) bond motifs is 1. The van der Waals surface area contributed by atoms with Gasteiger partial charge < -0.3 is 24.8 Å². The zero-order valence-corrected chi connectivity index (χ0v) is 20.4. The third kappa shape index (κ3) is 4.15. The normalized spacial score (nSPS) is 22.0. The van der Waals surface area contributed by atoms with E-state index in [1.165, 1.54) is 12.3 Å². The molecule has 5 rings (SSSR count). The molecule has 1 aliphatic carbocycles. The summed E-state index contributed by atoms with van der Waals surface area (Å²) in [6, 6.07) is 2.81. The van der Waals surface area contributed by atoms with Crippen LogP contribution in [0.4, 0.5) is 10.3 Å². The quantitative estimate of drug-likeness (QED) is 0.493. The van der Waals surface area contributed by atoms with Gasteiger partial charge in [-0.1, -0.05) is 11.6 Å². The van der Waals surface area contributed by atoms with Crippen molar-refractivity contribution in [1.82, 2.24) is 19.5 Å². The van der Waals surface area contributed by atoms with E-state index in [4.69, 9.17) is 16.3 Å². The predicted octanol–water partition coefficient (Wildman–Crippen LogP) is 4.19. The molecule has 1 aromatic carbocycles. The molecule has 1 aliphatic heterocycles. The van der Waals surface area contributed by atoms with Gasteiger partial charge in [-0.3, -0.25) is 0 Å². The molecular formula is C24H29ClFN5O3. The number of nitrogens with one attached hydrogen (secondary N) is 1. The Morgan fingerprint density at radius 3 is 2.68 bits per heavy atom. The van der Waals surface area contributed by atoms with Crippen molar-refractivity contribution < 1.29 is 19.3 Å². The maximum atomic E-state index is 15.2. The van der Waals surface area contributed by atoms with Crippen LogP contribution in [-0.2, 0) is 10.3 Å². The number of hydrogen-bond acceptors (Lipinski definition) is 7.